The lowest BCUT2D eigenvalue weighted by Gasteiger charge is -2.25. The molecule has 2 heterocycles. The molecule has 0 unspecified atom stereocenters. The molecule has 2 aliphatic heterocycles. The number of nitrogens with one attached hydrogen (secondary N) is 1. The zero-order valence-electron chi connectivity index (χ0n) is 23.8. The predicted octanol–water partition coefficient (Wildman–Crippen LogP) is 4.08. The number of carbonyl (C=O) groups excluding carboxylic acids is 4. The molecule has 2 aromatic rings. The number of carbonyl (C=O) groups is 4. The Morgan fingerprint density at radius 2 is 1.75 bits per heavy atom. The van der Waals surface area contributed by atoms with Gasteiger partial charge in [-0.3, -0.25) is 19.3 Å². The zero-order valence-corrected chi connectivity index (χ0v) is 23.8. The predicted molar refractivity (Wildman–Crippen MR) is 149 cm³/mol. The van der Waals surface area contributed by atoms with E-state index in [4.69, 9.17) is 9.47 Å². The van der Waals surface area contributed by atoms with Gasteiger partial charge in [0.25, 0.3) is 5.91 Å². The third-order valence-corrected chi connectivity index (χ3v) is 7.32. The van der Waals surface area contributed by atoms with Crippen LogP contribution in [0.5, 0.6) is 0 Å². The summed E-state index contributed by atoms with van der Waals surface area (Å²) in [5.41, 5.74) is 3.01. The summed E-state index contributed by atoms with van der Waals surface area (Å²) in [6.07, 6.45) is 1.75. The maximum atomic E-state index is 13.2. The van der Waals surface area contributed by atoms with Gasteiger partial charge in [0.05, 0.1) is 19.4 Å². The van der Waals surface area contributed by atoms with Crippen LogP contribution in [0.2, 0.25) is 0 Å². The molecule has 1 N–H and O–H groups in total. The summed E-state index contributed by atoms with van der Waals surface area (Å²) in [6, 6.07) is 15.3. The quantitative estimate of drug-likeness (QED) is 0.473. The fraction of sp³-hybridized carbons (Fsp3) is 0.484. The highest BCUT2D eigenvalue weighted by Gasteiger charge is 2.40. The molecule has 9 nitrogen and oxygen atoms in total. The number of nitrogens with zero attached hydrogens (tertiary/aromatic N) is 2. The molecule has 0 spiro atoms. The van der Waals surface area contributed by atoms with Gasteiger partial charge < -0.3 is 19.7 Å². The third kappa shape index (κ3) is 7.40. The molecule has 40 heavy (non-hydrogen) atoms. The van der Waals surface area contributed by atoms with Crippen molar-refractivity contribution >= 4 is 23.9 Å². The second kappa shape index (κ2) is 12.5. The second-order valence-corrected chi connectivity index (χ2v) is 11.5. The lowest BCUT2D eigenvalue weighted by Crippen LogP contribution is -2.42. The molecule has 2 atom stereocenters. The highest BCUT2D eigenvalue weighted by molar-refractivity contribution is 5.94. The van der Waals surface area contributed by atoms with Gasteiger partial charge in [-0.2, -0.15) is 0 Å². The largest absolute Gasteiger partial charge is 0.469 e. The number of benzene rings is 2. The number of hydrogen-bond donors (Lipinski definition) is 1. The summed E-state index contributed by atoms with van der Waals surface area (Å²) >= 11 is 0. The Morgan fingerprint density at radius 1 is 1.02 bits per heavy atom. The fourth-order valence-electron chi connectivity index (χ4n) is 5.31. The maximum absolute atomic E-state index is 13.2. The topological polar surface area (TPSA) is 105 Å². The van der Waals surface area contributed by atoms with E-state index >= 15 is 0 Å². The minimum Gasteiger partial charge on any atom is -0.469 e. The first-order valence-electron chi connectivity index (χ1n) is 13.8. The van der Waals surface area contributed by atoms with E-state index in [-0.39, 0.29) is 36.9 Å². The fourth-order valence-corrected chi connectivity index (χ4v) is 5.31. The Bertz CT molecular complexity index is 1240. The van der Waals surface area contributed by atoms with E-state index in [0.29, 0.717) is 31.6 Å². The number of fused-ring (bicyclic) bond motifs is 1. The molecule has 0 radical (unpaired) electrons. The molecule has 2 aromatic carbocycles. The van der Waals surface area contributed by atoms with Gasteiger partial charge in [0.1, 0.15) is 5.60 Å². The van der Waals surface area contributed by atoms with Gasteiger partial charge >= 0.3 is 12.1 Å². The van der Waals surface area contributed by atoms with E-state index in [1.807, 2.05) is 51.1 Å². The van der Waals surface area contributed by atoms with Crippen molar-refractivity contribution in [3.05, 3.63) is 70.8 Å². The summed E-state index contributed by atoms with van der Waals surface area (Å²) in [7, 11) is 1.32. The van der Waals surface area contributed by atoms with Crippen molar-refractivity contribution in [1.29, 1.82) is 0 Å². The number of esters is 1. The molecule has 9 heteroatoms. The molecular formula is C31H39N3O6. The standard InChI is InChI=1S/C31H39N3O6/c1-31(2,3)40-30(38)33-19-23-13-12-22(15-25(23)20-33)28(36)32-18-26-16-24(17-27(35)39-4)29(37)34(26)14-8-11-21-9-6-5-7-10-21/h5-7,9-10,12-13,15,24,26H,8,11,14,16-20H2,1-4H3,(H,32,36)/t24-,26-/m0/s1. The Hall–Kier alpha value is -3.88. The average molecular weight is 550 g/mol. The summed E-state index contributed by atoms with van der Waals surface area (Å²) in [5, 5.41) is 2.99. The van der Waals surface area contributed by atoms with Crippen LogP contribution < -0.4 is 5.32 Å². The van der Waals surface area contributed by atoms with Crippen molar-refractivity contribution in [1.82, 2.24) is 15.1 Å². The first-order chi connectivity index (χ1) is 19.0. The summed E-state index contributed by atoms with van der Waals surface area (Å²) < 4.78 is 10.3. The van der Waals surface area contributed by atoms with Crippen LogP contribution in [-0.4, -0.2) is 65.5 Å². The van der Waals surface area contributed by atoms with Gasteiger partial charge in [-0.15, -0.1) is 0 Å². The van der Waals surface area contributed by atoms with E-state index in [0.717, 1.165) is 24.0 Å². The van der Waals surface area contributed by atoms with Gasteiger partial charge in [-0.05, 0) is 68.9 Å². The molecule has 4 rings (SSSR count). The van der Waals surface area contributed by atoms with E-state index < -0.39 is 17.5 Å². The molecule has 3 amide bonds. The van der Waals surface area contributed by atoms with Crippen LogP contribution in [0.1, 0.15) is 67.1 Å². The van der Waals surface area contributed by atoms with Gasteiger partial charge in [0, 0.05) is 37.8 Å². The molecule has 0 aromatic heterocycles. The number of ether oxygens (including phenoxy) is 2. The van der Waals surface area contributed by atoms with E-state index in [9.17, 15) is 19.2 Å². The molecule has 1 saturated heterocycles. The number of aryl methyl sites for hydroxylation is 1. The number of hydrogen-bond acceptors (Lipinski definition) is 6. The molecule has 214 valence electrons. The van der Waals surface area contributed by atoms with Gasteiger partial charge in [-0.25, -0.2) is 4.79 Å². The van der Waals surface area contributed by atoms with Crippen LogP contribution in [0.4, 0.5) is 4.79 Å². The smallest absolute Gasteiger partial charge is 0.410 e. The molecule has 1 fully saturated rings. The van der Waals surface area contributed by atoms with E-state index in [1.54, 1.807) is 15.9 Å². The maximum Gasteiger partial charge on any atom is 0.410 e. The number of methoxy groups -OCH3 is 1. The highest BCUT2D eigenvalue weighted by atomic mass is 16.6. The van der Waals surface area contributed by atoms with E-state index in [1.165, 1.54) is 12.7 Å². The van der Waals surface area contributed by atoms with Crippen LogP contribution >= 0.6 is 0 Å². The molecule has 2 aliphatic rings. The van der Waals surface area contributed by atoms with Crippen molar-refractivity contribution in [2.45, 2.75) is 71.2 Å². The van der Waals surface area contributed by atoms with Gasteiger partial charge in [0.15, 0.2) is 0 Å². The third-order valence-electron chi connectivity index (χ3n) is 7.32. The Kier molecular flexibility index (Phi) is 9.12. The lowest BCUT2D eigenvalue weighted by molar-refractivity contribution is -0.144. The first-order valence-corrected chi connectivity index (χ1v) is 13.8. The van der Waals surface area contributed by atoms with Crippen molar-refractivity contribution in [2.75, 3.05) is 20.2 Å². The van der Waals surface area contributed by atoms with Crippen LogP contribution in [0.3, 0.4) is 0 Å². The van der Waals surface area contributed by atoms with E-state index in [2.05, 4.69) is 17.4 Å². The minimum absolute atomic E-state index is 0.0357. The Morgan fingerprint density at radius 3 is 2.45 bits per heavy atom. The first kappa shape index (κ1) is 29.1. The Balaban J connectivity index is 1.37. The van der Waals surface area contributed by atoms with Crippen LogP contribution in [0.15, 0.2) is 48.5 Å². The summed E-state index contributed by atoms with van der Waals surface area (Å²) in [4.78, 5) is 54.1. The van der Waals surface area contributed by atoms with Crippen molar-refractivity contribution in [2.24, 2.45) is 5.92 Å². The van der Waals surface area contributed by atoms with Gasteiger partial charge in [-0.1, -0.05) is 36.4 Å². The molecular weight excluding hydrogens is 510 g/mol. The zero-order chi connectivity index (χ0) is 28.9. The average Bonchev–Trinajstić information content (AvgIpc) is 3.47. The SMILES string of the molecule is COC(=O)C[C@@H]1C[C@@H](CNC(=O)c2ccc3c(c2)CN(C(=O)OC(C)(C)C)C3)N(CCCc2ccccc2)C1=O. The summed E-state index contributed by atoms with van der Waals surface area (Å²) in [6.45, 7) is 7.15. The number of rotatable bonds is 9. The van der Waals surface area contributed by atoms with Crippen LogP contribution in [0.25, 0.3) is 0 Å². The van der Waals surface area contributed by atoms with Crippen molar-refractivity contribution < 1.29 is 28.7 Å². The minimum atomic E-state index is -0.580. The van der Waals surface area contributed by atoms with Crippen LogP contribution in [0, 0.1) is 5.92 Å². The number of likely N-dealkylation sites (tertiary alicyclic amines) is 1. The number of amides is 3. The highest BCUT2D eigenvalue weighted by Crippen LogP contribution is 2.29. The molecule has 0 saturated carbocycles. The second-order valence-electron chi connectivity index (χ2n) is 11.5. The molecule has 0 aliphatic carbocycles. The lowest BCUT2D eigenvalue weighted by atomic mass is 10.0. The Labute approximate surface area is 235 Å². The summed E-state index contributed by atoms with van der Waals surface area (Å²) in [5.74, 6) is -1.18. The van der Waals surface area contributed by atoms with Gasteiger partial charge in [0.2, 0.25) is 5.91 Å². The molecule has 0 bridgehead atoms. The monoisotopic (exact) mass is 549 g/mol. The van der Waals surface area contributed by atoms with Crippen LogP contribution in [-0.2, 0) is 38.6 Å². The van der Waals surface area contributed by atoms with Crippen molar-refractivity contribution in [3.8, 4) is 0 Å². The van der Waals surface area contributed by atoms with Crippen molar-refractivity contribution in [3.63, 3.8) is 0 Å². The normalized spacial score (nSPS) is 18.4.